The van der Waals surface area contributed by atoms with Crippen LogP contribution in [0.2, 0.25) is 5.04 Å². The van der Waals surface area contributed by atoms with Crippen LogP contribution >= 0.6 is 0 Å². The van der Waals surface area contributed by atoms with Crippen LogP contribution in [0.3, 0.4) is 0 Å². The van der Waals surface area contributed by atoms with E-state index in [1.54, 1.807) is 12.1 Å². The molecule has 0 unspecified atom stereocenters. The zero-order valence-corrected chi connectivity index (χ0v) is 34.8. The van der Waals surface area contributed by atoms with Gasteiger partial charge in [-0.2, -0.15) is 0 Å². The molecule has 0 aromatic heterocycles. The number of carbonyl (C=O) groups excluding carboxylic acids is 2. The Morgan fingerprint density at radius 1 is 0.810 bits per heavy atom. The van der Waals surface area contributed by atoms with Crippen molar-refractivity contribution >= 4 is 48.1 Å². The molecule has 2 saturated heterocycles. The van der Waals surface area contributed by atoms with E-state index in [0.717, 1.165) is 27.8 Å². The predicted octanol–water partition coefficient (Wildman–Crippen LogP) is 8.25. The highest BCUT2D eigenvalue weighted by molar-refractivity contribution is 6.99. The topological polar surface area (TPSA) is 113 Å². The first-order valence-corrected chi connectivity index (χ1v) is 22.6. The first kappa shape index (κ1) is 41.1. The number of phenolic OH excluding ortho intramolecular Hbond substituents is 1. The molecule has 4 aromatic rings. The summed E-state index contributed by atoms with van der Waals surface area (Å²) in [7, 11) is -2.94. The maximum atomic E-state index is 14.3. The molecule has 302 valence electrons. The molecule has 2 aliphatic heterocycles. The number of likely N-dealkylation sites (tertiary alicyclic amines) is 1. The van der Waals surface area contributed by atoms with E-state index in [1.165, 1.54) is 15.3 Å². The Morgan fingerprint density at radius 3 is 2.03 bits per heavy atom. The maximum Gasteiger partial charge on any atom is 0.303 e. The molecular weight excluding hydrogens is 743 g/mol. The van der Waals surface area contributed by atoms with Gasteiger partial charge in [-0.25, -0.2) is 0 Å². The van der Waals surface area contributed by atoms with Crippen LogP contribution in [0, 0.1) is 17.8 Å². The number of carboxylic acids is 1. The van der Waals surface area contributed by atoms with Gasteiger partial charge < -0.3 is 19.4 Å². The van der Waals surface area contributed by atoms with Crippen molar-refractivity contribution in [3.63, 3.8) is 0 Å². The van der Waals surface area contributed by atoms with E-state index in [4.69, 9.17) is 14.3 Å². The van der Waals surface area contributed by atoms with Crippen LogP contribution in [-0.2, 0) is 23.5 Å². The normalized spacial score (nSPS) is 21.0. The van der Waals surface area contributed by atoms with Gasteiger partial charge in [0.05, 0.1) is 31.2 Å². The van der Waals surface area contributed by atoms with Crippen molar-refractivity contribution in [1.29, 1.82) is 0 Å². The Morgan fingerprint density at radius 2 is 1.43 bits per heavy atom. The quantitative estimate of drug-likeness (QED) is 0.0386. The van der Waals surface area contributed by atoms with Crippen LogP contribution in [0.15, 0.2) is 126 Å². The predicted molar refractivity (Wildman–Crippen MR) is 230 cm³/mol. The Hall–Kier alpha value is -5.09. The number of aliphatic carboxylic acids is 1. The number of hydrogen-bond donors (Lipinski definition) is 2. The lowest BCUT2D eigenvalue weighted by Gasteiger charge is -2.44. The van der Waals surface area contributed by atoms with Gasteiger partial charge >= 0.3 is 5.97 Å². The molecule has 0 bridgehead atoms. The Kier molecular flexibility index (Phi) is 12.6. The standard InChI is InChI=1S/C49H55NO7Si/c1-49(2,3)58(39-18-10-5-11-19-39,40-20-12-6-13-21-40)57-32-37-31-41-46(48(55)50(47(41)54)29-15-7-14-22-44(52)53)42-33-56-43(45(37)42)28-25-36(35-16-8-4-9-17-35)30-34-23-26-38(51)27-24-34/h4-6,8-13,16-21,23-24,26-27,30,41-43,46,51H,7,14-15,22,25,28-29,31-33H2,1-3H3,(H,52,53)/b36-30-/t41-,42+,43-,46-/m1/s1. The Bertz CT molecular complexity index is 2090. The number of nitrogens with zero attached hydrogens (tertiary/aromatic N) is 1. The number of imide groups is 1. The lowest BCUT2D eigenvalue weighted by Crippen LogP contribution is -2.66. The lowest BCUT2D eigenvalue weighted by molar-refractivity contribution is -0.141. The summed E-state index contributed by atoms with van der Waals surface area (Å²) in [4.78, 5) is 41.0. The summed E-state index contributed by atoms with van der Waals surface area (Å²) in [6.07, 6.45) is 5.52. The van der Waals surface area contributed by atoms with Crippen molar-refractivity contribution in [3.8, 4) is 5.75 Å². The monoisotopic (exact) mass is 797 g/mol. The number of hydrogen-bond acceptors (Lipinski definition) is 6. The minimum atomic E-state index is -2.94. The number of aromatic hydroxyl groups is 1. The highest BCUT2D eigenvalue weighted by atomic mass is 28.4. The van der Waals surface area contributed by atoms with E-state index in [2.05, 4.69) is 87.5 Å². The third-order valence-electron chi connectivity index (χ3n) is 12.3. The number of carbonyl (C=O) groups is 3. The number of unbranched alkanes of at least 4 members (excludes halogenated alkanes) is 2. The first-order valence-electron chi connectivity index (χ1n) is 20.7. The number of phenols is 1. The van der Waals surface area contributed by atoms with Gasteiger partial charge in [-0.1, -0.05) is 136 Å². The molecule has 9 heteroatoms. The largest absolute Gasteiger partial charge is 0.508 e. The van der Waals surface area contributed by atoms with Gasteiger partial charge in [-0.15, -0.1) is 0 Å². The van der Waals surface area contributed by atoms with Crippen LogP contribution in [0.1, 0.15) is 76.8 Å². The van der Waals surface area contributed by atoms with Crippen LogP contribution in [0.25, 0.3) is 11.6 Å². The molecule has 2 fully saturated rings. The van der Waals surface area contributed by atoms with Crippen molar-refractivity contribution in [2.75, 3.05) is 19.8 Å². The van der Waals surface area contributed by atoms with E-state index in [1.807, 2.05) is 42.5 Å². The summed E-state index contributed by atoms with van der Waals surface area (Å²) >= 11 is 0. The summed E-state index contributed by atoms with van der Waals surface area (Å²) in [5.41, 5.74) is 5.40. The molecule has 0 saturated carbocycles. The number of fused-ring (bicyclic) bond motifs is 3. The molecule has 3 aliphatic rings. The Labute approximate surface area is 343 Å². The van der Waals surface area contributed by atoms with Crippen LogP contribution in [-0.4, -0.2) is 67.1 Å². The highest BCUT2D eigenvalue weighted by Crippen LogP contribution is 2.51. The molecule has 4 aromatic carbocycles. The second kappa shape index (κ2) is 17.8. The fourth-order valence-electron chi connectivity index (χ4n) is 9.58. The van der Waals surface area contributed by atoms with Gasteiger partial charge in [0.1, 0.15) is 5.75 Å². The SMILES string of the molecule is CC(C)(C)[Si](OCC1=C2[C@@H](CC/C(=C/c3ccc(O)cc3)c3ccccc3)OC[C@@H]2[C@@H]2C(=O)N(CCCCCC(=O)O)C(=O)[C@@H]2C1)(c1ccccc1)c1ccccc1. The average Bonchev–Trinajstić information content (AvgIpc) is 3.75. The van der Waals surface area contributed by atoms with E-state index in [9.17, 15) is 19.5 Å². The molecule has 4 atom stereocenters. The third-order valence-corrected chi connectivity index (χ3v) is 17.3. The molecule has 7 rings (SSSR count). The minimum absolute atomic E-state index is 0.0754. The zero-order chi connectivity index (χ0) is 40.9. The molecule has 2 heterocycles. The summed E-state index contributed by atoms with van der Waals surface area (Å²) in [6, 6.07) is 38.6. The molecule has 8 nitrogen and oxygen atoms in total. The fraction of sp³-hybridized carbons (Fsp3) is 0.367. The smallest absolute Gasteiger partial charge is 0.303 e. The van der Waals surface area contributed by atoms with Crippen LogP contribution in [0.4, 0.5) is 0 Å². The second-order valence-corrected chi connectivity index (χ2v) is 21.3. The van der Waals surface area contributed by atoms with Gasteiger partial charge in [0.2, 0.25) is 11.8 Å². The number of benzene rings is 4. The molecular formula is C49H55NO7Si. The van der Waals surface area contributed by atoms with Crippen molar-refractivity contribution in [1.82, 2.24) is 4.90 Å². The van der Waals surface area contributed by atoms with E-state index in [0.29, 0.717) is 58.3 Å². The zero-order valence-electron chi connectivity index (χ0n) is 33.8. The summed E-state index contributed by atoms with van der Waals surface area (Å²) < 4.78 is 14.2. The van der Waals surface area contributed by atoms with E-state index < -0.39 is 26.1 Å². The van der Waals surface area contributed by atoms with E-state index >= 15 is 0 Å². The first-order chi connectivity index (χ1) is 28.0. The number of amides is 2. The van der Waals surface area contributed by atoms with Crippen molar-refractivity contribution in [3.05, 3.63) is 138 Å². The average molecular weight is 798 g/mol. The number of ether oxygens (including phenoxy) is 1. The van der Waals surface area contributed by atoms with E-state index in [-0.39, 0.29) is 41.0 Å². The van der Waals surface area contributed by atoms with Gasteiger partial charge in [0.15, 0.2) is 0 Å². The van der Waals surface area contributed by atoms with Crippen LogP contribution in [0.5, 0.6) is 5.75 Å². The molecule has 1 aliphatic carbocycles. The van der Waals surface area contributed by atoms with Crippen molar-refractivity contribution in [2.45, 2.75) is 76.9 Å². The van der Waals surface area contributed by atoms with Crippen LogP contribution < -0.4 is 10.4 Å². The molecule has 0 radical (unpaired) electrons. The van der Waals surface area contributed by atoms with Gasteiger partial charge in [-0.3, -0.25) is 19.3 Å². The van der Waals surface area contributed by atoms with Gasteiger partial charge in [0.25, 0.3) is 8.32 Å². The highest BCUT2D eigenvalue weighted by Gasteiger charge is 2.57. The molecule has 58 heavy (non-hydrogen) atoms. The molecule has 0 spiro atoms. The lowest BCUT2D eigenvalue weighted by atomic mass is 9.69. The van der Waals surface area contributed by atoms with Crippen molar-refractivity contribution < 1.29 is 33.8 Å². The number of rotatable bonds is 16. The second-order valence-electron chi connectivity index (χ2n) is 17.0. The number of allylic oxidation sites excluding steroid dienone is 1. The fourth-order valence-corrected chi connectivity index (χ4v) is 14.1. The van der Waals surface area contributed by atoms with Gasteiger partial charge in [-0.05, 0) is 87.5 Å². The molecule has 2 N–H and O–H groups in total. The Balaban J connectivity index is 1.24. The van der Waals surface area contributed by atoms with Gasteiger partial charge in [0, 0.05) is 18.9 Å². The number of carboxylic acid groups (broad SMARTS) is 1. The minimum Gasteiger partial charge on any atom is -0.508 e. The summed E-state index contributed by atoms with van der Waals surface area (Å²) in [6.45, 7) is 7.77. The maximum absolute atomic E-state index is 14.3. The molecule has 2 amide bonds. The third kappa shape index (κ3) is 8.53. The van der Waals surface area contributed by atoms with Crippen molar-refractivity contribution in [2.24, 2.45) is 17.8 Å². The summed E-state index contributed by atoms with van der Waals surface area (Å²) in [5.74, 6) is -2.12. The summed E-state index contributed by atoms with van der Waals surface area (Å²) in [5, 5.41) is 21.1.